The van der Waals surface area contributed by atoms with Crippen LogP contribution in [0, 0.1) is 5.41 Å². The van der Waals surface area contributed by atoms with Crippen LogP contribution in [0.3, 0.4) is 0 Å². The minimum atomic E-state index is -0.213. The van der Waals surface area contributed by atoms with Crippen molar-refractivity contribution in [2.75, 3.05) is 55.5 Å². The molecular weight excluding hydrogens is 981 g/mol. The van der Waals surface area contributed by atoms with Gasteiger partial charge in [-0.25, -0.2) is 0 Å². The summed E-state index contributed by atoms with van der Waals surface area (Å²) in [5.74, 6) is 4.83. The standard InChI is InChI=1S/C35H46O3S16/c1-33(21-37-30-18-43-19-31(30)38-22-33)16-15-29(36)25-11-13-26(14-12-25)32(20-44-50-39-4)47-54-49-35(3,24-46-52-41-6)28-10-8-9-27(17-28)34(2,48-53-42-7)23-45-51-40-5/h8-14,17-19,32H,15-16,20-24H2,1-7H3. The normalized spacial score (nSPS) is 16.6. The fourth-order valence-electron chi connectivity index (χ4n) is 5.04. The number of carbonyl (C=O) groups excluding carboxylic acids is 1. The summed E-state index contributed by atoms with van der Waals surface area (Å²) in [7, 11) is 28.3. The Labute approximate surface area is 385 Å². The minimum absolute atomic E-state index is 0.00108. The number of fused-ring (bicyclic) bond motifs is 1. The average molecular weight is 1030 g/mol. The van der Waals surface area contributed by atoms with Gasteiger partial charge in [0, 0.05) is 45.4 Å². The Hall–Kier alpha value is 2.66. The number of rotatable bonds is 26. The monoisotopic (exact) mass is 1030 g/mol. The summed E-state index contributed by atoms with van der Waals surface area (Å²) in [6.45, 7) is 8.07. The third kappa shape index (κ3) is 15.8. The van der Waals surface area contributed by atoms with Crippen molar-refractivity contribution in [1.82, 2.24) is 0 Å². The van der Waals surface area contributed by atoms with Crippen molar-refractivity contribution in [2.24, 2.45) is 5.41 Å². The molecule has 0 radical (unpaired) electrons. The summed E-state index contributed by atoms with van der Waals surface area (Å²) < 4.78 is 12.0. The molecule has 3 aromatic rings. The SMILES string of the molecule is CSSSCC(SSSC(C)(CSSSC)c1cccc(C(C)(CSSSC)SSSC)c1)c1ccc(C(=O)CCC2(C)COc3cscc3OC2)cc1. The maximum Gasteiger partial charge on any atom is 0.171 e. The van der Waals surface area contributed by atoms with Crippen LogP contribution < -0.4 is 9.47 Å². The molecule has 1 aliphatic rings. The van der Waals surface area contributed by atoms with Crippen LogP contribution in [0.15, 0.2) is 59.3 Å². The second-order valence-corrected chi connectivity index (χ2v) is 35.8. The fourth-order valence-corrected chi connectivity index (χ4v) is 25.8. The van der Waals surface area contributed by atoms with Crippen molar-refractivity contribution in [3.63, 3.8) is 0 Å². The van der Waals surface area contributed by atoms with E-state index in [4.69, 9.17) is 9.47 Å². The predicted molar refractivity (Wildman–Crippen MR) is 279 cm³/mol. The van der Waals surface area contributed by atoms with Gasteiger partial charge in [-0.1, -0.05) is 163 Å². The Kier molecular flexibility index (Phi) is 23.9. The lowest BCUT2D eigenvalue weighted by Gasteiger charge is -2.32. The van der Waals surface area contributed by atoms with Crippen LogP contribution in [0.25, 0.3) is 0 Å². The molecule has 0 N–H and O–H groups in total. The van der Waals surface area contributed by atoms with Crippen LogP contribution in [0.5, 0.6) is 11.5 Å². The number of Topliss-reactive ketones (excluding diaryl/α,β-unsaturated/α-hetero) is 1. The Bertz CT molecular complexity index is 1520. The van der Waals surface area contributed by atoms with Crippen molar-refractivity contribution in [2.45, 2.75) is 48.4 Å². The van der Waals surface area contributed by atoms with Gasteiger partial charge in [-0.15, -0.1) is 11.3 Å². The summed E-state index contributed by atoms with van der Waals surface area (Å²) >= 11 is 1.58. The van der Waals surface area contributed by atoms with Crippen LogP contribution in [0.1, 0.15) is 65.9 Å². The number of thiophene rings is 1. The smallest absolute Gasteiger partial charge is 0.171 e. The first kappa shape index (κ1) is 49.3. The quantitative estimate of drug-likeness (QED) is 0.0434. The molecule has 1 aromatic heterocycles. The minimum Gasteiger partial charge on any atom is -0.488 e. The summed E-state index contributed by atoms with van der Waals surface area (Å²) in [6, 6.07) is 17.8. The molecule has 3 atom stereocenters. The Morgan fingerprint density at radius 3 is 1.85 bits per heavy atom. The molecule has 0 amide bonds. The van der Waals surface area contributed by atoms with E-state index in [-0.39, 0.29) is 25.9 Å². The predicted octanol–water partition coefficient (Wildman–Crippen LogP) is 17.0. The molecule has 54 heavy (non-hydrogen) atoms. The van der Waals surface area contributed by atoms with Crippen molar-refractivity contribution in [3.8, 4) is 11.5 Å². The molecule has 19 heteroatoms. The van der Waals surface area contributed by atoms with E-state index in [0.29, 0.717) is 19.6 Å². The van der Waals surface area contributed by atoms with E-state index in [1.165, 1.54) is 16.7 Å². The molecule has 0 fully saturated rings. The summed E-state index contributed by atoms with van der Waals surface area (Å²) in [6.07, 6.45) is 9.78. The van der Waals surface area contributed by atoms with Gasteiger partial charge in [0.1, 0.15) is 0 Å². The van der Waals surface area contributed by atoms with Crippen LogP contribution in [0.4, 0.5) is 0 Å². The zero-order chi connectivity index (χ0) is 38.9. The van der Waals surface area contributed by atoms with Crippen molar-refractivity contribution in [3.05, 3.63) is 81.5 Å². The van der Waals surface area contributed by atoms with Gasteiger partial charge in [0.25, 0.3) is 0 Å². The van der Waals surface area contributed by atoms with Gasteiger partial charge in [-0.05, 0) is 111 Å². The van der Waals surface area contributed by atoms with E-state index in [2.05, 4.69) is 82.2 Å². The number of ether oxygens (including phenoxy) is 2. The average Bonchev–Trinajstić information content (AvgIpc) is 3.58. The lowest BCUT2D eigenvalue weighted by atomic mass is 9.85. The maximum absolute atomic E-state index is 13.4. The van der Waals surface area contributed by atoms with E-state index < -0.39 is 0 Å². The zero-order valence-electron chi connectivity index (χ0n) is 31.1. The second kappa shape index (κ2) is 26.2. The van der Waals surface area contributed by atoms with Crippen molar-refractivity contribution >= 4 is 174 Å². The van der Waals surface area contributed by atoms with Crippen LogP contribution >= 0.6 is 168 Å². The summed E-state index contributed by atoms with van der Waals surface area (Å²) in [5.41, 5.74) is 4.60. The molecule has 3 unspecified atom stereocenters. The molecule has 300 valence electrons. The Balaban J connectivity index is 1.44. The highest BCUT2D eigenvalue weighted by atomic mass is 33.5. The first-order valence-corrected chi connectivity index (χ1v) is 37.1. The lowest BCUT2D eigenvalue weighted by Crippen LogP contribution is -2.31. The Morgan fingerprint density at radius 1 is 0.759 bits per heavy atom. The molecule has 2 heterocycles. The van der Waals surface area contributed by atoms with E-state index in [1.807, 2.05) is 169 Å². The van der Waals surface area contributed by atoms with Crippen LogP contribution in [-0.4, -0.2) is 61.3 Å². The number of hydrogen-bond donors (Lipinski definition) is 0. The molecular formula is C35H46O3S16. The third-order valence-electron chi connectivity index (χ3n) is 8.29. The summed E-state index contributed by atoms with van der Waals surface area (Å²) in [5, 5.41) is 4.25. The van der Waals surface area contributed by atoms with E-state index >= 15 is 0 Å². The zero-order valence-corrected chi connectivity index (χ0v) is 44.1. The molecule has 4 rings (SSSR count). The van der Waals surface area contributed by atoms with Crippen LogP contribution in [-0.2, 0) is 9.49 Å². The van der Waals surface area contributed by atoms with Gasteiger partial charge in [-0.2, -0.15) is 0 Å². The lowest BCUT2D eigenvalue weighted by molar-refractivity contribution is 0.0870. The van der Waals surface area contributed by atoms with Gasteiger partial charge < -0.3 is 9.47 Å². The van der Waals surface area contributed by atoms with Gasteiger partial charge in [-0.3, -0.25) is 4.79 Å². The summed E-state index contributed by atoms with van der Waals surface area (Å²) in [4.78, 5) is 13.4. The second-order valence-electron chi connectivity index (χ2n) is 12.6. The topological polar surface area (TPSA) is 35.5 Å². The molecule has 0 saturated carbocycles. The van der Waals surface area contributed by atoms with E-state index in [1.54, 1.807) is 22.1 Å². The number of hydrogen-bond acceptors (Lipinski definition) is 19. The fraction of sp³-hybridized carbons (Fsp3) is 0.514. The highest BCUT2D eigenvalue weighted by molar-refractivity contribution is 9.11. The molecule has 1 aliphatic heterocycles. The molecule has 0 saturated heterocycles. The first-order chi connectivity index (χ1) is 26.1. The van der Waals surface area contributed by atoms with Gasteiger partial charge in [0.05, 0.1) is 28.0 Å². The van der Waals surface area contributed by atoms with E-state index in [0.717, 1.165) is 40.7 Å². The van der Waals surface area contributed by atoms with Crippen molar-refractivity contribution < 1.29 is 14.3 Å². The first-order valence-electron chi connectivity index (χ1n) is 16.5. The van der Waals surface area contributed by atoms with Gasteiger partial charge in [0.2, 0.25) is 0 Å². The van der Waals surface area contributed by atoms with Crippen molar-refractivity contribution in [1.29, 1.82) is 0 Å². The van der Waals surface area contributed by atoms with E-state index in [9.17, 15) is 4.79 Å². The molecule has 3 nitrogen and oxygen atoms in total. The Morgan fingerprint density at radius 2 is 1.30 bits per heavy atom. The highest BCUT2D eigenvalue weighted by Gasteiger charge is 2.34. The molecule has 2 aromatic carbocycles. The third-order valence-corrected chi connectivity index (χ3v) is 31.2. The largest absolute Gasteiger partial charge is 0.488 e. The maximum atomic E-state index is 13.4. The van der Waals surface area contributed by atoms with Gasteiger partial charge >= 0.3 is 0 Å². The number of ketones is 1. The molecule has 0 spiro atoms. The number of benzene rings is 2. The molecule has 0 aliphatic carbocycles. The highest BCUT2D eigenvalue weighted by Crippen LogP contribution is 2.58. The van der Waals surface area contributed by atoms with Gasteiger partial charge in [0.15, 0.2) is 17.3 Å². The number of carbonyl (C=O) groups is 1. The molecule has 0 bridgehead atoms. The van der Waals surface area contributed by atoms with Crippen LogP contribution in [0.2, 0.25) is 0 Å².